The van der Waals surface area contributed by atoms with Crippen LogP contribution in [0.1, 0.15) is 104 Å². The van der Waals surface area contributed by atoms with E-state index in [9.17, 15) is 9.59 Å². The molecule has 286 valence electrons. The Morgan fingerprint density at radius 3 is 1.74 bits per heavy atom. The number of nitrogens with one attached hydrogen (secondary N) is 2. The van der Waals surface area contributed by atoms with Crippen molar-refractivity contribution in [1.29, 1.82) is 0 Å². The predicted molar refractivity (Wildman–Crippen MR) is 202 cm³/mol. The number of rotatable bonds is 5. The number of carbonyl (C=O) groups excluding carboxylic acids is 2. The fourth-order valence-corrected chi connectivity index (χ4v) is 6.86. The maximum absolute atomic E-state index is 12.9. The molecule has 2 atom stereocenters. The van der Waals surface area contributed by atoms with Gasteiger partial charge in [-0.25, -0.2) is 24.5 Å². The van der Waals surface area contributed by atoms with Crippen molar-refractivity contribution in [1.82, 2.24) is 34.7 Å². The molecule has 7 rings (SSSR count). The summed E-state index contributed by atoms with van der Waals surface area (Å²) in [6.45, 7) is 15.5. The lowest BCUT2D eigenvalue weighted by molar-refractivity contribution is -0.134. The van der Waals surface area contributed by atoms with Gasteiger partial charge in [0.2, 0.25) is 0 Å². The first kappa shape index (κ1) is 38.1. The van der Waals surface area contributed by atoms with Gasteiger partial charge < -0.3 is 29.0 Å². The molecule has 54 heavy (non-hydrogen) atoms. The monoisotopic (exact) mass is 739 g/mol. The maximum Gasteiger partial charge on any atom is 0.410 e. The van der Waals surface area contributed by atoms with Crippen molar-refractivity contribution in [2.24, 2.45) is 0 Å². The number of fused-ring (bicyclic) bond motifs is 1. The number of benzene rings is 2. The van der Waals surface area contributed by atoms with Gasteiger partial charge in [-0.1, -0.05) is 30.3 Å². The molecule has 0 saturated carbocycles. The number of likely N-dealkylation sites (tertiary alicyclic amines) is 2. The number of imidazole rings is 2. The van der Waals surface area contributed by atoms with Gasteiger partial charge in [-0.15, -0.1) is 0 Å². The Morgan fingerprint density at radius 1 is 0.759 bits per heavy atom. The van der Waals surface area contributed by atoms with Gasteiger partial charge in [0.05, 0.1) is 35.9 Å². The van der Waals surface area contributed by atoms with Crippen molar-refractivity contribution in [3.05, 3.63) is 66.3 Å². The van der Waals surface area contributed by atoms with Crippen molar-refractivity contribution in [3.8, 4) is 33.6 Å². The van der Waals surface area contributed by atoms with Gasteiger partial charge in [0.1, 0.15) is 28.4 Å². The Labute approximate surface area is 314 Å². The molecule has 0 bridgehead atoms. The SMILES string of the molecule is CC(=O)O.Cc1nc2c(-c3ccc(-c4cnc([C@@H]5CCCN5C(=O)OC(C)(C)C)[nH]4)cc3)ccc(-c3cnc([C@@H]4CCCN4C(=O)OC(C)(C)C)[nH]3)c2o1. The van der Waals surface area contributed by atoms with Gasteiger partial charge in [0.15, 0.2) is 11.5 Å². The van der Waals surface area contributed by atoms with E-state index in [0.717, 1.165) is 83.4 Å². The quantitative estimate of drug-likeness (QED) is 0.158. The summed E-state index contributed by atoms with van der Waals surface area (Å²) in [6, 6.07) is 12.0. The number of hydrogen-bond acceptors (Lipinski definition) is 9. The number of aryl methyl sites for hydroxylation is 1. The molecule has 2 aliphatic heterocycles. The number of aliphatic carboxylic acids is 1. The van der Waals surface area contributed by atoms with E-state index in [2.05, 4.69) is 50.3 Å². The van der Waals surface area contributed by atoms with Crippen LogP contribution in [-0.4, -0.2) is 82.3 Å². The van der Waals surface area contributed by atoms with Gasteiger partial charge in [-0.05, 0) is 84.4 Å². The van der Waals surface area contributed by atoms with Gasteiger partial charge in [0.25, 0.3) is 5.97 Å². The lowest BCUT2D eigenvalue weighted by Gasteiger charge is -2.27. The molecule has 2 aromatic carbocycles. The highest BCUT2D eigenvalue weighted by atomic mass is 16.6. The van der Waals surface area contributed by atoms with Crippen LogP contribution in [0.5, 0.6) is 0 Å². The van der Waals surface area contributed by atoms with Crippen LogP contribution < -0.4 is 0 Å². The molecule has 2 saturated heterocycles. The summed E-state index contributed by atoms with van der Waals surface area (Å²) in [5, 5.41) is 7.42. The number of nitrogens with zero attached hydrogens (tertiary/aromatic N) is 5. The molecular formula is C40H49N7O7. The van der Waals surface area contributed by atoms with E-state index >= 15 is 0 Å². The third kappa shape index (κ3) is 8.58. The Kier molecular flexibility index (Phi) is 10.6. The summed E-state index contributed by atoms with van der Waals surface area (Å²) in [5.74, 6) is 1.21. The van der Waals surface area contributed by atoms with Gasteiger partial charge >= 0.3 is 12.2 Å². The Balaban J connectivity index is 0.00000119. The molecule has 2 aliphatic rings. The van der Waals surface area contributed by atoms with E-state index in [4.69, 9.17) is 28.8 Å². The predicted octanol–water partition coefficient (Wildman–Crippen LogP) is 8.82. The van der Waals surface area contributed by atoms with Crippen LogP contribution in [0.4, 0.5) is 9.59 Å². The second-order valence-electron chi connectivity index (χ2n) is 15.7. The number of hydrogen-bond donors (Lipinski definition) is 3. The smallest absolute Gasteiger partial charge is 0.410 e. The topological polar surface area (TPSA) is 180 Å². The van der Waals surface area contributed by atoms with Crippen molar-refractivity contribution in [3.63, 3.8) is 0 Å². The summed E-state index contributed by atoms with van der Waals surface area (Å²) in [7, 11) is 0. The zero-order valence-corrected chi connectivity index (χ0v) is 32.1. The van der Waals surface area contributed by atoms with Gasteiger partial charge in [-0.2, -0.15) is 0 Å². The molecule has 2 fully saturated rings. The van der Waals surface area contributed by atoms with Crippen molar-refractivity contribution < 1.29 is 33.4 Å². The number of aromatic nitrogens is 5. The summed E-state index contributed by atoms with van der Waals surface area (Å²) >= 11 is 0. The largest absolute Gasteiger partial charge is 0.481 e. The zero-order chi connectivity index (χ0) is 38.9. The van der Waals surface area contributed by atoms with Crippen LogP contribution in [-0.2, 0) is 14.3 Å². The highest BCUT2D eigenvalue weighted by molar-refractivity contribution is 5.99. The Hall–Kier alpha value is -5.66. The fraction of sp³-hybridized carbons (Fsp3) is 0.450. The molecule has 0 aliphatic carbocycles. The molecule has 0 unspecified atom stereocenters. The number of carbonyl (C=O) groups is 3. The minimum Gasteiger partial charge on any atom is -0.481 e. The summed E-state index contributed by atoms with van der Waals surface area (Å²) in [5.41, 5.74) is 5.74. The summed E-state index contributed by atoms with van der Waals surface area (Å²) in [4.78, 5) is 59.3. The molecule has 3 aromatic heterocycles. The van der Waals surface area contributed by atoms with E-state index in [-0.39, 0.29) is 24.3 Å². The molecule has 5 heterocycles. The van der Waals surface area contributed by atoms with E-state index < -0.39 is 17.2 Å². The first-order valence-corrected chi connectivity index (χ1v) is 18.3. The first-order valence-electron chi connectivity index (χ1n) is 18.3. The minimum absolute atomic E-state index is 0.145. The molecule has 0 spiro atoms. The standard InChI is InChI=1S/C38H45N7O5.C2H4O2/c1-22-41-31-25(16-17-26(32(31)48-22)28-21-40-34(43-28)30-11-9-19-45(30)36(47)50-38(5,6)7)23-12-14-24(15-13-23)27-20-39-33(42-27)29-10-8-18-44(29)35(46)49-37(2,3)4;1-2(3)4/h12-17,20-21,29-30H,8-11,18-19H2,1-7H3,(H,39,42)(H,40,43);1H3,(H,3,4)/t29-,30-;/m0./s1. The third-order valence-electron chi connectivity index (χ3n) is 9.03. The number of carboxylic acid groups (broad SMARTS) is 1. The van der Waals surface area contributed by atoms with Crippen LogP contribution in [0, 0.1) is 6.92 Å². The Bertz CT molecular complexity index is 2130. The van der Waals surface area contributed by atoms with Crippen LogP contribution >= 0.6 is 0 Å². The van der Waals surface area contributed by atoms with Crippen LogP contribution in [0.25, 0.3) is 44.7 Å². The van der Waals surface area contributed by atoms with Crippen molar-refractivity contribution >= 4 is 29.3 Å². The average Bonchev–Trinajstić information content (AvgIpc) is 3.91. The lowest BCUT2D eigenvalue weighted by atomic mass is 9.99. The second kappa shape index (κ2) is 15.0. The minimum atomic E-state index is -0.833. The number of ether oxygens (including phenoxy) is 2. The average molecular weight is 740 g/mol. The van der Waals surface area contributed by atoms with Crippen LogP contribution in [0.15, 0.2) is 53.2 Å². The van der Waals surface area contributed by atoms with E-state index in [1.165, 1.54) is 0 Å². The Morgan fingerprint density at radius 2 is 1.22 bits per heavy atom. The van der Waals surface area contributed by atoms with E-state index in [1.807, 2.05) is 60.7 Å². The van der Waals surface area contributed by atoms with Crippen molar-refractivity contribution in [2.75, 3.05) is 13.1 Å². The highest BCUT2D eigenvalue weighted by Gasteiger charge is 2.36. The van der Waals surface area contributed by atoms with Gasteiger partial charge in [0, 0.05) is 38.1 Å². The number of carboxylic acids is 1. The van der Waals surface area contributed by atoms with E-state index in [0.29, 0.717) is 24.6 Å². The number of H-pyrrole nitrogens is 2. The highest BCUT2D eigenvalue weighted by Crippen LogP contribution is 2.38. The fourth-order valence-electron chi connectivity index (χ4n) is 6.86. The summed E-state index contributed by atoms with van der Waals surface area (Å²) < 4.78 is 17.5. The molecule has 2 amide bonds. The molecule has 3 N–H and O–H groups in total. The zero-order valence-electron chi connectivity index (χ0n) is 32.1. The normalized spacial score (nSPS) is 17.4. The molecule has 0 radical (unpaired) electrons. The van der Waals surface area contributed by atoms with Crippen LogP contribution in [0.3, 0.4) is 0 Å². The lowest BCUT2D eigenvalue weighted by Crippen LogP contribution is -2.36. The van der Waals surface area contributed by atoms with Crippen LogP contribution in [0.2, 0.25) is 0 Å². The van der Waals surface area contributed by atoms with Crippen molar-refractivity contribution in [2.45, 2.75) is 104 Å². The molecule has 14 heteroatoms. The third-order valence-corrected chi connectivity index (χ3v) is 9.03. The molecular weight excluding hydrogens is 690 g/mol. The number of amides is 2. The second-order valence-corrected chi connectivity index (χ2v) is 15.7. The van der Waals surface area contributed by atoms with E-state index in [1.54, 1.807) is 16.0 Å². The van der Waals surface area contributed by atoms with Gasteiger partial charge in [-0.3, -0.25) is 14.6 Å². The summed E-state index contributed by atoms with van der Waals surface area (Å²) in [6.07, 6.45) is 6.40. The number of oxazole rings is 1. The molecule has 5 aromatic rings. The number of aromatic amines is 2. The molecule has 14 nitrogen and oxygen atoms in total. The first-order chi connectivity index (χ1) is 25.5. The maximum atomic E-state index is 12.9.